The Hall–Kier alpha value is -2.24. The van der Waals surface area contributed by atoms with Crippen LogP contribution in [0.25, 0.3) is 0 Å². The number of carbonyl (C=O) groups is 1. The van der Waals surface area contributed by atoms with Crippen LogP contribution in [0.15, 0.2) is 22.7 Å². The van der Waals surface area contributed by atoms with Crippen molar-refractivity contribution in [1.82, 2.24) is 5.16 Å². The highest BCUT2D eigenvalue weighted by molar-refractivity contribution is 6.04. The summed E-state index contributed by atoms with van der Waals surface area (Å²) in [6, 6.07) is 3.41. The second-order valence-corrected chi connectivity index (χ2v) is 5.04. The number of carbonyl (C=O) groups excluding carboxylic acids is 1. The van der Waals surface area contributed by atoms with Crippen LogP contribution in [0.1, 0.15) is 41.1 Å². The first-order valence-electron chi connectivity index (χ1n) is 6.89. The van der Waals surface area contributed by atoms with Gasteiger partial charge in [0.1, 0.15) is 23.1 Å². The minimum Gasteiger partial charge on any atom is -0.360 e. The number of aryl methyl sites for hydroxylation is 1. The zero-order chi connectivity index (χ0) is 14.8. The van der Waals surface area contributed by atoms with Crippen LogP contribution in [0.5, 0.6) is 0 Å². The summed E-state index contributed by atoms with van der Waals surface area (Å²) in [7, 11) is 0. The first-order chi connectivity index (χ1) is 10.2. The minimum absolute atomic E-state index is 0.120. The van der Waals surface area contributed by atoms with E-state index in [1.165, 1.54) is 6.07 Å². The molecule has 0 saturated heterocycles. The minimum atomic E-state index is -0.821. The number of hydrogen-bond donors (Lipinski definition) is 1. The molecule has 4 nitrogen and oxygen atoms in total. The third-order valence-corrected chi connectivity index (χ3v) is 3.62. The maximum atomic E-state index is 13.6. The van der Waals surface area contributed by atoms with Crippen LogP contribution in [-0.4, -0.2) is 11.1 Å². The molecule has 6 heteroatoms. The smallest absolute Gasteiger partial charge is 0.278 e. The van der Waals surface area contributed by atoms with Crippen LogP contribution in [-0.2, 0) is 12.8 Å². The first kappa shape index (κ1) is 13.7. The Balaban J connectivity index is 1.88. The van der Waals surface area contributed by atoms with E-state index in [9.17, 15) is 13.6 Å². The van der Waals surface area contributed by atoms with E-state index in [2.05, 4.69) is 10.5 Å². The fourth-order valence-electron chi connectivity index (χ4n) is 2.53. The van der Waals surface area contributed by atoms with Crippen molar-refractivity contribution < 1.29 is 18.1 Å². The van der Waals surface area contributed by atoms with Crippen molar-refractivity contribution in [3.8, 4) is 0 Å². The van der Waals surface area contributed by atoms with E-state index in [0.717, 1.165) is 43.4 Å². The molecule has 21 heavy (non-hydrogen) atoms. The van der Waals surface area contributed by atoms with Gasteiger partial charge in [0, 0.05) is 12.0 Å². The first-order valence-corrected chi connectivity index (χ1v) is 6.89. The Morgan fingerprint density at radius 3 is 2.62 bits per heavy atom. The maximum absolute atomic E-state index is 13.6. The third kappa shape index (κ3) is 2.66. The zero-order valence-electron chi connectivity index (χ0n) is 11.3. The molecule has 0 fully saturated rings. The number of nitrogens with zero attached hydrogens (tertiary/aromatic N) is 1. The van der Waals surface area contributed by atoms with Gasteiger partial charge in [-0.15, -0.1) is 0 Å². The molecule has 0 aliphatic heterocycles. The molecule has 0 atom stereocenters. The fourth-order valence-corrected chi connectivity index (χ4v) is 2.53. The third-order valence-electron chi connectivity index (χ3n) is 3.62. The van der Waals surface area contributed by atoms with Gasteiger partial charge >= 0.3 is 0 Å². The van der Waals surface area contributed by atoms with Crippen molar-refractivity contribution in [3.63, 3.8) is 0 Å². The van der Waals surface area contributed by atoms with Crippen LogP contribution in [0, 0.1) is 11.6 Å². The lowest BCUT2D eigenvalue weighted by Crippen LogP contribution is -2.16. The highest BCUT2D eigenvalue weighted by Crippen LogP contribution is 2.25. The average molecular weight is 292 g/mol. The number of halogens is 2. The van der Waals surface area contributed by atoms with Gasteiger partial charge in [0.2, 0.25) is 0 Å². The molecule has 0 bridgehead atoms. The Bertz CT molecular complexity index is 662. The summed E-state index contributed by atoms with van der Waals surface area (Å²) in [5.74, 6) is -1.59. The number of aromatic nitrogens is 1. The molecule has 1 aromatic carbocycles. The molecular formula is C15H14F2N2O2. The van der Waals surface area contributed by atoms with Crippen molar-refractivity contribution in [2.75, 3.05) is 5.32 Å². The largest absolute Gasteiger partial charge is 0.360 e. The number of anilines is 1. The molecule has 1 aliphatic rings. The molecule has 0 unspecified atom stereocenters. The summed E-state index contributed by atoms with van der Waals surface area (Å²) in [6.45, 7) is 0. The van der Waals surface area contributed by atoms with Crippen molar-refractivity contribution in [1.29, 1.82) is 0 Å². The lowest BCUT2D eigenvalue weighted by atomic mass is 10.1. The van der Waals surface area contributed by atoms with Crippen LogP contribution in [0.3, 0.4) is 0 Å². The van der Waals surface area contributed by atoms with E-state index >= 15 is 0 Å². The number of nitrogens with one attached hydrogen (secondary N) is 1. The lowest BCUT2D eigenvalue weighted by molar-refractivity contribution is 0.101. The molecule has 1 N–H and O–H groups in total. The zero-order valence-corrected chi connectivity index (χ0v) is 11.3. The van der Waals surface area contributed by atoms with Crippen molar-refractivity contribution >= 4 is 11.6 Å². The Morgan fingerprint density at radius 2 is 1.86 bits per heavy atom. The van der Waals surface area contributed by atoms with Gasteiger partial charge in [-0.05, 0) is 31.4 Å². The standard InChI is InChI=1S/C15H14F2N2O2/c16-10-6-4-7-11(17)14(10)18-15(20)13-9-5-2-1-3-8-12(9)21-19-13/h4,6-7H,1-3,5,8H2,(H,18,20). The molecule has 1 aromatic heterocycles. The van der Waals surface area contributed by atoms with E-state index in [4.69, 9.17) is 4.52 Å². The second-order valence-electron chi connectivity index (χ2n) is 5.04. The highest BCUT2D eigenvalue weighted by Gasteiger charge is 2.24. The Kier molecular flexibility index (Phi) is 3.68. The molecule has 110 valence electrons. The summed E-state index contributed by atoms with van der Waals surface area (Å²) < 4.78 is 32.3. The average Bonchev–Trinajstić information content (AvgIpc) is 2.72. The van der Waals surface area contributed by atoms with Crippen molar-refractivity contribution in [2.24, 2.45) is 0 Å². The molecule has 0 saturated carbocycles. The normalized spacial score (nSPS) is 14.4. The van der Waals surface area contributed by atoms with Crippen molar-refractivity contribution in [2.45, 2.75) is 32.1 Å². The molecule has 1 amide bonds. The van der Waals surface area contributed by atoms with E-state index in [0.29, 0.717) is 12.2 Å². The van der Waals surface area contributed by atoms with Gasteiger partial charge < -0.3 is 9.84 Å². The predicted octanol–water partition coefficient (Wildman–Crippen LogP) is 3.47. The van der Waals surface area contributed by atoms with E-state index < -0.39 is 23.2 Å². The second kappa shape index (κ2) is 5.63. The van der Waals surface area contributed by atoms with Crippen LogP contribution in [0.4, 0.5) is 14.5 Å². The summed E-state index contributed by atoms with van der Waals surface area (Å²) in [5, 5.41) is 6.00. The van der Waals surface area contributed by atoms with E-state index in [1.807, 2.05) is 0 Å². The number of hydrogen-bond acceptors (Lipinski definition) is 3. The monoisotopic (exact) mass is 292 g/mol. The van der Waals surface area contributed by atoms with Gasteiger partial charge in [-0.3, -0.25) is 4.79 Å². The number of rotatable bonds is 2. The summed E-state index contributed by atoms with van der Waals surface area (Å²) >= 11 is 0. The van der Waals surface area contributed by atoms with Crippen LogP contribution < -0.4 is 5.32 Å². The number of amides is 1. The number of fused-ring (bicyclic) bond motifs is 1. The fraction of sp³-hybridized carbons (Fsp3) is 0.333. The molecular weight excluding hydrogens is 278 g/mol. The van der Waals surface area contributed by atoms with Gasteiger partial charge in [-0.1, -0.05) is 17.6 Å². The van der Waals surface area contributed by atoms with Crippen LogP contribution >= 0.6 is 0 Å². The lowest BCUT2D eigenvalue weighted by Gasteiger charge is -2.06. The quantitative estimate of drug-likeness (QED) is 0.862. The molecule has 0 radical (unpaired) electrons. The molecule has 1 heterocycles. The summed E-state index contributed by atoms with van der Waals surface area (Å²) in [5.41, 5.74) is 0.407. The van der Waals surface area contributed by atoms with Crippen LogP contribution in [0.2, 0.25) is 0 Å². The number of para-hydroxylation sites is 1. The molecule has 1 aliphatic carbocycles. The maximum Gasteiger partial charge on any atom is 0.278 e. The van der Waals surface area contributed by atoms with Gasteiger partial charge in [-0.2, -0.15) is 0 Å². The predicted molar refractivity (Wildman–Crippen MR) is 72.1 cm³/mol. The van der Waals surface area contributed by atoms with E-state index in [1.54, 1.807) is 0 Å². The molecule has 2 aromatic rings. The van der Waals surface area contributed by atoms with Crippen molar-refractivity contribution in [3.05, 3.63) is 46.9 Å². The molecule has 3 rings (SSSR count). The molecule has 0 spiro atoms. The number of benzene rings is 1. The summed E-state index contributed by atoms with van der Waals surface area (Å²) in [4.78, 5) is 12.2. The Labute approximate surface area is 120 Å². The SMILES string of the molecule is O=C(Nc1c(F)cccc1F)c1noc2c1CCCCC2. The van der Waals surface area contributed by atoms with Gasteiger partial charge in [-0.25, -0.2) is 8.78 Å². The van der Waals surface area contributed by atoms with Gasteiger partial charge in [0.15, 0.2) is 5.69 Å². The Morgan fingerprint density at radius 1 is 1.14 bits per heavy atom. The van der Waals surface area contributed by atoms with Gasteiger partial charge in [0.05, 0.1) is 0 Å². The highest BCUT2D eigenvalue weighted by atomic mass is 19.1. The summed E-state index contributed by atoms with van der Waals surface area (Å²) in [6.07, 6.45) is 4.44. The van der Waals surface area contributed by atoms with E-state index in [-0.39, 0.29) is 5.69 Å². The van der Waals surface area contributed by atoms with Gasteiger partial charge in [0.25, 0.3) is 5.91 Å². The topological polar surface area (TPSA) is 55.1 Å².